The molecule has 0 fully saturated rings. The molecule has 0 saturated carbocycles. The van der Waals surface area contributed by atoms with E-state index in [0.717, 1.165) is 15.4 Å². The lowest BCUT2D eigenvalue weighted by Gasteiger charge is -2.17. The summed E-state index contributed by atoms with van der Waals surface area (Å²) in [5.74, 6) is -0.0774. The molecule has 2 aromatic carbocycles. The molecule has 1 N–H and O–H groups in total. The van der Waals surface area contributed by atoms with Crippen LogP contribution in [-0.4, -0.2) is 49.5 Å². The van der Waals surface area contributed by atoms with Crippen LogP contribution in [0.2, 0.25) is 0 Å². The van der Waals surface area contributed by atoms with Gasteiger partial charge in [0.25, 0.3) is 0 Å². The van der Waals surface area contributed by atoms with Gasteiger partial charge in [-0.05, 0) is 38.1 Å². The Morgan fingerprint density at radius 3 is 2.34 bits per heavy atom. The molecule has 0 atom stereocenters. The molecule has 0 aliphatic rings. The summed E-state index contributed by atoms with van der Waals surface area (Å²) in [6, 6.07) is 13.4. The Hall–Kier alpha value is -3.30. The Balaban J connectivity index is 1.51. The van der Waals surface area contributed by atoms with Crippen molar-refractivity contribution in [3.63, 3.8) is 0 Å². The first-order chi connectivity index (χ1) is 15.2. The van der Waals surface area contributed by atoms with Gasteiger partial charge >= 0.3 is 0 Å². The Morgan fingerprint density at radius 1 is 1.06 bits per heavy atom. The first-order valence-electron chi connectivity index (χ1n) is 10.0. The summed E-state index contributed by atoms with van der Waals surface area (Å²) in [7, 11) is -2.52. The summed E-state index contributed by atoms with van der Waals surface area (Å²) in [5, 5.41) is 2.69. The summed E-state index contributed by atoms with van der Waals surface area (Å²) >= 11 is 0. The number of ketones is 1. The van der Waals surface area contributed by atoms with E-state index in [1.54, 1.807) is 6.26 Å². The summed E-state index contributed by atoms with van der Waals surface area (Å²) in [6.45, 7) is 3.37. The number of Topliss-reactive ketones (excluding diaryl/α,β-unsaturated/α-hetero) is 1. The third-order valence-corrected chi connectivity index (χ3v) is 6.71. The molecule has 1 aromatic heterocycles. The highest BCUT2D eigenvalue weighted by atomic mass is 32.2. The Kier molecular flexibility index (Phi) is 7.22. The van der Waals surface area contributed by atoms with Crippen molar-refractivity contribution in [1.29, 1.82) is 0 Å². The minimum Gasteiger partial charge on any atom is -0.444 e. The van der Waals surface area contributed by atoms with Gasteiger partial charge in [-0.15, -0.1) is 0 Å². The Morgan fingerprint density at radius 2 is 1.72 bits per heavy atom. The van der Waals surface area contributed by atoms with E-state index in [0.29, 0.717) is 30.1 Å². The van der Waals surface area contributed by atoms with Crippen LogP contribution in [0.25, 0.3) is 11.5 Å². The first kappa shape index (κ1) is 23.4. The number of aryl methyl sites for hydroxylation is 1. The van der Waals surface area contributed by atoms with Crippen LogP contribution in [0.4, 0.5) is 0 Å². The number of aromatic nitrogens is 1. The van der Waals surface area contributed by atoms with Gasteiger partial charge in [0.15, 0.2) is 5.78 Å². The highest BCUT2D eigenvalue weighted by Crippen LogP contribution is 2.19. The van der Waals surface area contributed by atoms with Crippen LogP contribution in [0.3, 0.4) is 0 Å². The van der Waals surface area contributed by atoms with Crippen molar-refractivity contribution in [3.8, 4) is 11.5 Å². The zero-order valence-electron chi connectivity index (χ0n) is 18.2. The summed E-state index contributed by atoms with van der Waals surface area (Å²) < 4.78 is 31.7. The smallest absolute Gasteiger partial charge is 0.243 e. The molecule has 0 unspecified atom stereocenters. The maximum Gasteiger partial charge on any atom is 0.243 e. The molecule has 3 rings (SSSR count). The number of amides is 1. The van der Waals surface area contributed by atoms with Crippen molar-refractivity contribution < 1.29 is 22.4 Å². The van der Waals surface area contributed by atoms with Crippen molar-refractivity contribution >= 4 is 21.7 Å². The lowest BCUT2D eigenvalue weighted by Crippen LogP contribution is -2.39. The van der Waals surface area contributed by atoms with E-state index in [4.69, 9.17) is 4.42 Å². The molecule has 1 heterocycles. The maximum absolute atomic E-state index is 12.6. The van der Waals surface area contributed by atoms with Gasteiger partial charge in [0.2, 0.25) is 21.8 Å². The maximum atomic E-state index is 12.6. The van der Waals surface area contributed by atoms with E-state index < -0.39 is 15.9 Å². The molecule has 0 aliphatic heterocycles. The topological polar surface area (TPSA) is 110 Å². The number of sulfonamides is 1. The quantitative estimate of drug-likeness (QED) is 0.497. The molecule has 0 saturated heterocycles. The lowest BCUT2D eigenvalue weighted by atomic mass is 10.1. The first-order valence-corrected chi connectivity index (χ1v) is 11.5. The molecule has 8 nitrogen and oxygen atoms in total. The van der Waals surface area contributed by atoms with Crippen LogP contribution in [0, 0.1) is 6.92 Å². The molecule has 168 valence electrons. The van der Waals surface area contributed by atoms with Gasteiger partial charge in [0, 0.05) is 31.1 Å². The molecule has 0 aliphatic carbocycles. The normalized spacial score (nSPS) is 11.5. The number of rotatable bonds is 9. The third-order valence-electron chi connectivity index (χ3n) is 4.89. The van der Waals surface area contributed by atoms with Crippen molar-refractivity contribution in [2.75, 3.05) is 20.1 Å². The third kappa shape index (κ3) is 5.68. The van der Waals surface area contributed by atoms with Gasteiger partial charge in [-0.3, -0.25) is 9.59 Å². The average molecular weight is 456 g/mol. The fourth-order valence-corrected chi connectivity index (χ4v) is 4.09. The second-order valence-corrected chi connectivity index (χ2v) is 9.50. The highest BCUT2D eigenvalue weighted by Gasteiger charge is 2.23. The van der Waals surface area contributed by atoms with E-state index in [-0.39, 0.29) is 17.2 Å². The SMILES string of the molecule is CC(=O)c1ccc(S(=O)(=O)N(C)CC(=O)NCCc2coc(-c3ccc(C)cc3)n2)cc1. The van der Waals surface area contributed by atoms with Crippen LogP contribution >= 0.6 is 0 Å². The number of carbonyl (C=O) groups excluding carboxylic acids is 2. The minimum atomic E-state index is -3.85. The summed E-state index contributed by atoms with van der Waals surface area (Å²) in [6.07, 6.45) is 1.99. The standard InChI is InChI=1S/C23H25N3O5S/c1-16-4-6-19(7-5-16)23-25-20(15-31-23)12-13-24-22(28)14-26(3)32(29,30)21-10-8-18(9-11-21)17(2)27/h4-11,15H,12-14H2,1-3H3,(H,24,28). The number of hydrogen-bond acceptors (Lipinski definition) is 6. The molecule has 3 aromatic rings. The van der Waals surface area contributed by atoms with Crippen LogP contribution in [0.1, 0.15) is 28.5 Å². The van der Waals surface area contributed by atoms with E-state index in [1.807, 2.05) is 31.2 Å². The zero-order chi connectivity index (χ0) is 23.3. The number of hydrogen-bond donors (Lipinski definition) is 1. The predicted octanol–water partition coefficient (Wildman–Crippen LogP) is 2.83. The number of carbonyl (C=O) groups is 2. The van der Waals surface area contributed by atoms with E-state index in [2.05, 4.69) is 10.3 Å². The largest absolute Gasteiger partial charge is 0.444 e. The molecular weight excluding hydrogens is 430 g/mol. The number of likely N-dealkylation sites (N-methyl/N-ethyl adjacent to an activating group) is 1. The number of nitrogens with zero attached hydrogens (tertiary/aromatic N) is 2. The second-order valence-electron chi connectivity index (χ2n) is 7.45. The fourth-order valence-electron chi connectivity index (χ4n) is 2.97. The second kappa shape index (κ2) is 9.88. The van der Waals surface area contributed by atoms with Crippen LogP contribution in [-0.2, 0) is 21.2 Å². The van der Waals surface area contributed by atoms with Crippen molar-refractivity contribution in [3.05, 3.63) is 71.6 Å². The molecule has 0 spiro atoms. The van der Waals surface area contributed by atoms with Crippen molar-refractivity contribution in [2.45, 2.75) is 25.2 Å². The molecule has 0 bridgehead atoms. The molecule has 1 amide bonds. The van der Waals surface area contributed by atoms with Crippen LogP contribution < -0.4 is 5.32 Å². The fraction of sp³-hybridized carbons (Fsp3) is 0.261. The van der Waals surface area contributed by atoms with Gasteiger partial charge in [0.05, 0.1) is 17.1 Å². The van der Waals surface area contributed by atoms with E-state index in [1.165, 1.54) is 38.2 Å². The van der Waals surface area contributed by atoms with Gasteiger partial charge in [-0.25, -0.2) is 13.4 Å². The number of oxazole rings is 1. The van der Waals surface area contributed by atoms with Gasteiger partial charge in [-0.1, -0.05) is 29.8 Å². The number of nitrogens with one attached hydrogen (secondary N) is 1. The van der Waals surface area contributed by atoms with E-state index >= 15 is 0 Å². The van der Waals surface area contributed by atoms with Crippen molar-refractivity contribution in [2.24, 2.45) is 0 Å². The monoisotopic (exact) mass is 455 g/mol. The Bertz CT molecular complexity index is 1200. The summed E-state index contributed by atoms with van der Waals surface area (Å²) in [5.41, 5.74) is 3.12. The summed E-state index contributed by atoms with van der Waals surface area (Å²) in [4.78, 5) is 28.0. The molecule has 32 heavy (non-hydrogen) atoms. The van der Waals surface area contributed by atoms with Crippen LogP contribution in [0.15, 0.2) is 64.1 Å². The van der Waals surface area contributed by atoms with E-state index in [9.17, 15) is 18.0 Å². The van der Waals surface area contributed by atoms with Crippen molar-refractivity contribution in [1.82, 2.24) is 14.6 Å². The van der Waals surface area contributed by atoms with Gasteiger partial charge in [-0.2, -0.15) is 4.31 Å². The van der Waals surface area contributed by atoms with Crippen LogP contribution in [0.5, 0.6) is 0 Å². The highest BCUT2D eigenvalue weighted by molar-refractivity contribution is 7.89. The van der Waals surface area contributed by atoms with Gasteiger partial charge in [0.1, 0.15) is 6.26 Å². The predicted molar refractivity (Wildman–Crippen MR) is 120 cm³/mol. The molecule has 9 heteroatoms. The average Bonchev–Trinajstić information content (AvgIpc) is 3.23. The minimum absolute atomic E-state index is 0.0176. The molecule has 0 radical (unpaired) electrons. The zero-order valence-corrected chi connectivity index (χ0v) is 19.0. The molecular formula is C23H25N3O5S. The lowest BCUT2D eigenvalue weighted by molar-refractivity contribution is -0.121. The Labute approximate surface area is 187 Å². The van der Waals surface area contributed by atoms with Gasteiger partial charge < -0.3 is 9.73 Å². The number of benzene rings is 2.